The molecule has 0 aromatic heterocycles. The number of rotatable bonds is 7. The predicted molar refractivity (Wildman–Crippen MR) is 77.1 cm³/mol. The Morgan fingerprint density at radius 2 is 1.85 bits per heavy atom. The van der Waals surface area contributed by atoms with E-state index in [-0.39, 0.29) is 18.1 Å². The summed E-state index contributed by atoms with van der Waals surface area (Å²) in [5, 5.41) is 2.68. The molecule has 0 atom stereocenters. The predicted octanol–water partition coefficient (Wildman–Crippen LogP) is 1.47. The minimum Gasteiger partial charge on any atom is -0.493 e. The van der Waals surface area contributed by atoms with Gasteiger partial charge < -0.3 is 14.8 Å². The Balaban J connectivity index is 2.58. The highest BCUT2D eigenvalue weighted by Crippen LogP contribution is 2.29. The number of anilines is 1. The number of carbonyl (C=O) groups excluding carboxylic acids is 1. The van der Waals surface area contributed by atoms with E-state index in [4.69, 9.17) is 9.47 Å². The number of hydrogen-bond acceptors (Lipinski definition) is 5. The maximum absolute atomic E-state index is 11.7. The van der Waals surface area contributed by atoms with E-state index in [1.54, 1.807) is 18.2 Å². The van der Waals surface area contributed by atoms with Crippen molar-refractivity contribution in [3.05, 3.63) is 18.2 Å². The molecule has 0 fully saturated rings. The standard InChI is InChI=1S/C13H19NO5S/c1-18-11-7-6-10(9-12(11)19-2)14-13(15)5-4-8-20(3,16)17/h6-7,9H,4-5,8H2,1-3H3,(H,14,15). The molecule has 1 amide bonds. The Morgan fingerprint density at radius 1 is 1.20 bits per heavy atom. The van der Waals surface area contributed by atoms with Gasteiger partial charge in [-0.25, -0.2) is 8.42 Å². The van der Waals surface area contributed by atoms with Crippen LogP contribution in [0.5, 0.6) is 11.5 Å². The van der Waals surface area contributed by atoms with Gasteiger partial charge in [0, 0.05) is 24.4 Å². The minimum absolute atomic E-state index is 0.00630. The summed E-state index contributed by atoms with van der Waals surface area (Å²) in [6.45, 7) is 0. The van der Waals surface area contributed by atoms with Gasteiger partial charge in [-0.3, -0.25) is 4.79 Å². The molecule has 20 heavy (non-hydrogen) atoms. The first kappa shape index (κ1) is 16.3. The molecule has 0 saturated heterocycles. The third-order valence-electron chi connectivity index (χ3n) is 2.59. The van der Waals surface area contributed by atoms with E-state index in [1.165, 1.54) is 14.2 Å². The van der Waals surface area contributed by atoms with Crippen molar-refractivity contribution < 1.29 is 22.7 Å². The van der Waals surface area contributed by atoms with Crippen molar-refractivity contribution >= 4 is 21.4 Å². The van der Waals surface area contributed by atoms with Gasteiger partial charge in [-0.15, -0.1) is 0 Å². The molecular formula is C13H19NO5S. The summed E-state index contributed by atoms with van der Waals surface area (Å²) in [6.07, 6.45) is 1.61. The Morgan fingerprint density at radius 3 is 2.40 bits per heavy atom. The number of ether oxygens (including phenoxy) is 2. The lowest BCUT2D eigenvalue weighted by Gasteiger charge is -2.10. The molecular weight excluding hydrogens is 282 g/mol. The number of benzene rings is 1. The van der Waals surface area contributed by atoms with Crippen molar-refractivity contribution in [1.29, 1.82) is 0 Å². The van der Waals surface area contributed by atoms with Gasteiger partial charge >= 0.3 is 0 Å². The highest BCUT2D eigenvalue weighted by Gasteiger charge is 2.09. The summed E-state index contributed by atoms with van der Waals surface area (Å²) in [5.74, 6) is 0.858. The summed E-state index contributed by atoms with van der Waals surface area (Å²) >= 11 is 0. The molecule has 1 aromatic carbocycles. The zero-order valence-electron chi connectivity index (χ0n) is 11.8. The van der Waals surface area contributed by atoms with E-state index < -0.39 is 9.84 Å². The van der Waals surface area contributed by atoms with E-state index in [0.29, 0.717) is 23.6 Å². The second-order valence-electron chi connectivity index (χ2n) is 4.35. The fourth-order valence-electron chi connectivity index (χ4n) is 1.63. The Bertz CT molecular complexity index is 568. The van der Waals surface area contributed by atoms with Crippen LogP contribution in [-0.2, 0) is 14.6 Å². The van der Waals surface area contributed by atoms with E-state index in [0.717, 1.165) is 6.26 Å². The largest absolute Gasteiger partial charge is 0.493 e. The molecule has 0 aliphatic rings. The van der Waals surface area contributed by atoms with Crippen molar-refractivity contribution in [2.45, 2.75) is 12.8 Å². The first-order chi connectivity index (χ1) is 9.35. The van der Waals surface area contributed by atoms with E-state index in [1.807, 2.05) is 0 Å². The van der Waals surface area contributed by atoms with Gasteiger partial charge in [-0.05, 0) is 18.6 Å². The molecule has 0 heterocycles. The van der Waals surface area contributed by atoms with Crippen LogP contribution in [0.15, 0.2) is 18.2 Å². The van der Waals surface area contributed by atoms with E-state index in [2.05, 4.69) is 5.32 Å². The number of methoxy groups -OCH3 is 2. The quantitative estimate of drug-likeness (QED) is 0.824. The number of sulfone groups is 1. The van der Waals surface area contributed by atoms with Gasteiger partial charge in [0.05, 0.1) is 20.0 Å². The minimum atomic E-state index is -3.03. The van der Waals surface area contributed by atoms with Crippen molar-refractivity contribution in [3.8, 4) is 11.5 Å². The molecule has 6 nitrogen and oxygen atoms in total. The summed E-state index contributed by atoms with van der Waals surface area (Å²) in [5.41, 5.74) is 0.576. The van der Waals surface area contributed by atoms with Gasteiger partial charge in [-0.2, -0.15) is 0 Å². The second-order valence-corrected chi connectivity index (χ2v) is 6.61. The van der Waals surface area contributed by atoms with Gasteiger partial charge in [-0.1, -0.05) is 0 Å². The lowest BCUT2D eigenvalue weighted by Crippen LogP contribution is -2.13. The van der Waals surface area contributed by atoms with Gasteiger partial charge in [0.2, 0.25) is 5.91 Å². The Kier molecular flexibility index (Phi) is 5.82. The van der Waals surface area contributed by atoms with Crippen molar-refractivity contribution in [2.75, 3.05) is 31.5 Å². The first-order valence-electron chi connectivity index (χ1n) is 6.05. The maximum atomic E-state index is 11.7. The molecule has 1 aromatic rings. The smallest absolute Gasteiger partial charge is 0.224 e. The molecule has 0 aliphatic heterocycles. The monoisotopic (exact) mass is 301 g/mol. The SMILES string of the molecule is COc1ccc(NC(=O)CCCS(C)(=O)=O)cc1OC. The van der Waals surface area contributed by atoms with Crippen LogP contribution in [-0.4, -0.2) is 40.6 Å². The van der Waals surface area contributed by atoms with Crippen LogP contribution in [0.4, 0.5) is 5.69 Å². The third-order valence-corrected chi connectivity index (χ3v) is 3.62. The van der Waals surface area contributed by atoms with Crippen molar-refractivity contribution in [3.63, 3.8) is 0 Å². The number of hydrogen-bond donors (Lipinski definition) is 1. The van der Waals surface area contributed by atoms with Crippen LogP contribution in [0.3, 0.4) is 0 Å². The normalized spacial score (nSPS) is 10.9. The Labute approximate surface area is 119 Å². The first-order valence-corrected chi connectivity index (χ1v) is 8.11. The van der Waals surface area contributed by atoms with Crippen molar-refractivity contribution in [1.82, 2.24) is 0 Å². The van der Waals surface area contributed by atoms with E-state index >= 15 is 0 Å². The van der Waals surface area contributed by atoms with Crippen LogP contribution in [0.2, 0.25) is 0 Å². The third kappa shape index (κ3) is 5.48. The molecule has 0 radical (unpaired) electrons. The maximum Gasteiger partial charge on any atom is 0.224 e. The molecule has 7 heteroatoms. The molecule has 112 valence electrons. The average molecular weight is 301 g/mol. The summed E-state index contributed by atoms with van der Waals surface area (Å²) in [4.78, 5) is 11.7. The Hall–Kier alpha value is -1.76. The summed E-state index contributed by atoms with van der Waals surface area (Å²) in [7, 11) is 0.00969. The lowest BCUT2D eigenvalue weighted by atomic mass is 10.2. The number of carbonyl (C=O) groups is 1. The van der Waals surface area contributed by atoms with Gasteiger partial charge in [0.1, 0.15) is 9.84 Å². The fourth-order valence-corrected chi connectivity index (χ4v) is 2.30. The number of nitrogens with one attached hydrogen (secondary N) is 1. The average Bonchev–Trinajstić information content (AvgIpc) is 2.37. The molecule has 0 unspecified atom stereocenters. The van der Waals surface area contributed by atoms with Crippen LogP contribution >= 0.6 is 0 Å². The van der Waals surface area contributed by atoms with Gasteiger partial charge in [0.15, 0.2) is 11.5 Å². The van der Waals surface area contributed by atoms with Crippen LogP contribution in [0.1, 0.15) is 12.8 Å². The zero-order valence-corrected chi connectivity index (χ0v) is 12.6. The second kappa shape index (κ2) is 7.14. The van der Waals surface area contributed by atoms with Gasteiger partial charge in [0.25, 0.3) is 0 Å². The molecule has 0 aliphatic carbocycles. The molecule has 0 bridgehead atoms. The molecule has 0 saturated carbocycles. The van der Waals surface area contributed by atoms with Crippen LogP contribution < -0.4 is 14.8 Å². The molecule has 0 spiro atoms. The van der Waals surface area contributed by atoms with Crippen LogP contribution in [0.25, 0.3) is 0 Å². The summed E-state index contributed by atoms with van der Waals surface area (Å²) < 4.78 is 32.1. The summed E-state index contributed by atoms with van der Waals surface area (Å²) in [6, 6.07) is 5.02. The topological polar surface area (TPSA) is 81.7 Å². The van der Waals surface area contributed by atoms with Crippen molar-refractivity contribution in [2.24, 2.45) is 0 Å². The highest BCUT2D eigenvalue weighted by molar-refractivity contribution is 7.90. The molecule has 1 N–H and O–H groups in total. The highest BCUT2D eigenvalue weighted by atomic mass is 32.2. The van der Waals surface area contributed by atoms with E-state index in [9.17, 15) is 13.2 Å². The molecule has 1 rings (SSSR count). The van der Waals surface area contributed by atoms with Crippen LogP contribution in [0, 0.1) is 0 Å². The zero-order chi connectivity index (χ0) is 15.2. The lowest BCUT2D eigenvalue weighted by molar-refractivity contribution is -0.116. The number of amides is 1. The fraction of sp³-hybridized carbons (Fsp3) is 0.462.